The Hall–Kier alpha value is -2.61. The summed E-state index contributed by atoms with van der Waals surface area (Å²) in [5, 5.41) is 12.7. The lowest BCUT2D eigenvalue weighted by Crippen LogP contribution is -2.17. The zero-order valence-corrected chi connectivity index (χ0v) is 14.4. The monoisotopic (exact) mass is 317 g/mol. The van der Waals surface area contributed by atoms with Crippen LogP contribution < -0.4 is 0 Å². The van der Waals surface area contributed by atoms with Crippen LogP contribution in [0.25, 0.3) is 10.8 Å². The highest BCUT2D eigenvalue weighted by atomic mass is 16.3. The minimum Gasteiger partial charge on any atom is -0.508 e. The van der Waals surface area contributed by atoms with Gasteiger partial charge in [0.2, 0.25) is 0 Å². The van der Waals surface area contributed by atoms with Crippen molar-refractivity contribution in [3.05, 3.63) is 77.9 Å². The molecule has 122 valence electrons. The lowest BCUT2D eigenvalue weighted by atomic mass is 9.80. The van der Waals surface area contributed by atoms with Crippen LogP contribution >= 0.6 is 0 Å². The van der Waals surface area contributed by atoms with Crippen molar-refractivity contribution in [3.63, 3.8) is 0 Å². The summed E-state index contributed by atoms with van der Waals surface area (Å²) in [6, 6.07) is 21.8. The largest absolute Gasteiger partial charge is 0.508 e. The average Bonchev–Trinajstić information content (AvgIpc) is 2.56. The molecule has 0 spiro atoms. The third kappa shape index (κ3) is 3.33. The van der Waals surface area contributed by atoms with Crippen LogP contribution in [0.15, 0.2) is 71.7 Å². The maximum atomic E-state index is 10.6. The SMILES string of the molecule is CC(C)(C)C(N=Cc1ccccc1)c1c(O)ccc2ccccc12. The van der Waals surface area contributed by atoms with Gasteiger partial charge in [-0.25, -0.2) is 0 Å². The Balaban J connectivity index is 2.14. The minimum atomic E-state index is -0.135. The van der Waals surface area contributed by atoms with Gasteiger partial charge in [0, 0.05) is 11.8 Å². The van der Waals surface area contributed by atoms with Crippen molar-refractivity contribution in [1.82, 2.24) is 0 Å². The van der Waals surface area contributed by atoms with Gasteiger partial charge in [0.1, 0.15) is 5.75 Å². The molecular formula is C22H23NO. The van der Waals surface area contributed by atoms with Crippen molar-refractivity contribution in [2.75, 3.05) is 0 Å². The molecule has 1 unspecified atom stereocenters. The molecular weight excluding hydrogens is 294 g/mol. The Kier molecular flexibility index (Phi) is 4.39. The second kappa shape index (κ2) is 6.48. The van der Waals surface area contributed by atoms with Crippen molar-refractivity contribution in [3.8, 4) is 5.75 Å². The van der Waals surface area contributed by atoms with Gasteiger partial charge in [-0.2, -0.15) is 0 Å². The first kappa shape index (κ1) is 16.3. The Labute approximate surface area is 143 Å². The van der Waals surface area contributed by atoms with E-state index >= 15 is 0 Å². The Bertz CT molecular complexity index is 860. The summed E-state index contributed by atoms with van der Waals surface area (Å²) in [5.41, 5.74) is 1.84. The highest BCUT2D eigenvalue weighted by Gasteiger charge is 2.29. The molecule has 0 heterocycles. The molecule has 24 heavy (non-hydrogen) atoms. The first-order chi connectivity index (χ1) is 11.5. The van der Waals surface area contributed by atoms with Gasteiger partial charge in [-0.1, -0.05) is 81.4 Å². The van der Waals surface area contributed by atoms with Gasteiger partial charge >= 0.3 is 0 Å². The van der Waals surface area contributed by atoms with Crippen molar-refractivity contribution < 1.29 is 5.11 Å². The molecule has 0 aliphatic rings. The number of hydrogen-bond acceptors (Lipinski definition) is 2. The molecule has 2 heteroatoms. The molecule has 0 bridgehead atoms. The summed E-state index contributed by atoms with van der Waals surface area (Å²) in [6.45, 7) is 6.46. The molecule has 0 saturated heterocycles. The van der Waals surface area contributed by atoms with E-state index in [9.17, 15) is 5.11 Å². The molecule has 0 aromatic heterocycles. The second-order valence-corrected chi connectivity index (χ2v) is 7.18. The molecule has 3 aromatic carbocycles. The predicted octanol–water partition coefficient (Wildman–Crippen LogP) is 5.75. The van der Waals surface area contributed by atoms with Crippen LogP contribution in [0.5, 0.6) is 5.75 Å². The van der Waals surface area contributed by atoms with E-state index in [4.69, 9.17) is 4.99 Å². The van der Waals surface area contributed by atoms with Gasteiger partial charge in [0.25, 0.3) is 0 Å². The van der Waals surface area contributed by atoms with Crippen LogP contribution in [0.1, 0.15) is 37.9 Å². The molecule has 3 rings (SSSR count). The quantitative estimate of drug-likeness (QED) is 0.613. The van der Waals surface area contributed by atoms with Crippen LogP contribution in [0.4, 0.5) is 0 Å². The summed E-state index contributed by atoms with van der Waals surface area (Å²) in [5.74, 6) is 0.304. The van der Waals surface area contributed by atoms with Crippen LogP contribution in [0, 0.1) is 5.41 Å². The van der Waals surface area contributed by atoms with Gasteiger partial charge in [0.15, 0.2) is 0 Å². The number of phenols is 1. The lowest BCUT2D eigenvalue weighted by molar-refractivity contribution is 0.322. The Morgan fingerprint density at radius 1 is 0.875 bits per heavy atom. The molecule has 1 atom stereocenters. The highest BCUT2D eigenvalue weighted by molar-refractivity contribution is 5.89. The summed E-state index contributed by atoms with van der Waals surface area (Å²) >= 11 is 0. The number of phenolic OH excluding ortho intramolecular Hbond substituents is 1. The van der Waals surface area contributed by atoms with Gasteiger partial charge in [0.05, 0.1) is 6.04 Å². The molecule has 1 N–H and O–H groups in total. The van der Waals surface area contributed by atoms with Gasteiger partial charge in [-0.05, 0) is 27.8 Å². The highest BCUT2D eigenvalue weighted by Crippen LogP contribution is 2.43. The van der Waals surface area contributed by atoms with E-state index in [2.05, 4.69) is 32.9 Å². The van der Waals surface area contributed by atoms with E-state index in [0.717, 1.165) is 21.9 Å². The van der Waals surface area contributed by atoms with Crippen molar-refractivity contribution in [1.29, 1.82) is 0 Å². The molecule has 3 aromatic rings. The van der Waals surface area contributed by atoms with Gasteiger partial charge in [-0.15, -0.1) is 0 Å². The van der Waals surface area contributed by atoms with E-state index in [1.54, 1.807) is 6.07 Å². The number of aromatic hydroxyl groups is 1. The third-order valence-electron chi connectivity index (χ3n) is 4.21. The minimum absolute atomic E-state index is 0.118. The number of rotatable bonds is 3. The van der Waals surface area contributed by atoms with Crippen LogP contribution in [-0.2, 0) is 0 Å². The van der Waals surface area contributed by atoms with E-state index in [1.807, 2.05) is 54.7 Å². The Morgan fingerprint density at radius 2 is 1.54 bits per heavy atom. The fraction of sp³-hybridized carbons (Fsp3) is 0.227. The smallest absolute Gasteiger partial charge is 0.121 e. The Morgan fingerprint density at radius 3 is 2.25 bits per heavy atom. The van der Waals surface area contributed by atoms with Crippen molar-refractivity contribution >= 4 is 17.0 Å². The van der Waals surface area contributed by atoms with E-state index in [0.29, 0.717) is 5.75 Å². The first-order valence-corrected chi connectivity index (χ1v) is 8.25. The van der Waals surface area contributed by atoms with Crippen LogP contribution in [0.2, 0.25) is 0 Å². The lowest BCUT2D eigenvalue weighted by Gasteiger charge is -2.29. The zero-order chi connectivity index (χ0) is 17.2. The summed E-state index contributed by atoms with van der Waals surface area (Å²) in [7, 11) is 0. The fourth-order valence-corrected chi connectivity index (χ4v) is 3.00. The molecule has 0 fully saturated rings. The predicted molar refractivity (Wildman–Crippen MR) is 102 cm³/mol. The van der Waals surface area contributed by atoms with Gasteiger partial charge in [-0.3, -0.25) is 4.99 Å². The maximum Gasteiger partial charge on any atom is 0.121 e. The fourth-order valence-electron chi connectivity index (χ4n) is 3.00. The maximum absolute atomic E-state index is 10.6. The molecule has 0 aliphatic carbocycles. The molecule has 0 aliphatic heterocycles. The molecule has 0 amide bonds. The molecule has 2 nitrogen and oxygen atoms in total. The average molecular weight is 317 g/mol. The zero-order valence-electron chi connectivity index (χ0n) is 14.4. The number of benzene rings is 3. The summed E-state index contributed by atoms with van der Waals surface area (Å²) in [4.78, 5) is 4.86. The standard InChI is InChI=1S/C22H23NO/c1-22(2,3)21(23-15-16-9-5-4-6-10-16)20-18-12-8-7-11-17(18)13-14-19(20)24/h4-15,21,24H,1-3H3. The molecule has 0 radical (unpaired) electrons. The summed E-state index contributed by atoms with van der Waals surface area (Å²) < 4.78 is 0. The van der Waals surface area contributed by atoms with Gasteiger partial charge < -0.3 is 5.11 Å². The third-order valence-corrected chi connectivity index (χ3v) is 4.21. The van der Waals surface area contributed by atoms with Crippen molar-refractivity contribution in [2.24, 2.45) is 10.4 Å². The topological polar surface area (TPSA) is 32.6 Å². The number of nitrogens with zero attached hydrogens (tertiary/aromatic N) is 1. The number of aliphatic imine (C=N–C) groups is 1. The summed E-state index contributed by atoms with van der Waals surface area (Å²) in [6.07, 6.45) is 1.90. The van der Waals surface area contributed by atoms with Crippen LogP contribution in [0.3, 0.4) is 0 Å². The first-order valence-electron chi connectivity index (χ1n) is 8.25. The van der Waals surface area contributed by atoms with E-state index in [-0.39, 0.29) is 11.5 Å². The van der Waals surface area contributed by atoms with E-state index < -0.39 is 0 Å². The van der Waals surface area contributed by atoms with E-state index in [1.165, 1.54) is 0 Å². The second-order valence-electron chi connectivity index (χ2n) is 7.18. The van der Waals surface area contributed by atoms with Crippen LogP contribution in [-0.4, -0.2) is 11.3 Å². The van der Waals surface area contributed by atoms with Crippen molar-refractivity contribution in [2.45, 2.75) is 26.8 Å². The number of hydrogen-bond donors (Lipinski definition) is 1. The number of fused-ring (bicyclic) bond motifs is 1. The molecule has 0 saturated carbocycles. The normalized spacial score (nSPS) is 13.5.